The Bertz CT molecular complexity index is 3950. The molecule has 3 heterocycles. The Kier molecular flexibility index (Phi) is 10.7. The topological polar surface area (TPSA) is 27.1 Å². The first-order chi connectivity index (χ1) is 34.8. The van der Waals surface area contributed by atoms with Gasteiger partial charge in [0.1, 0.15) is 0 Å². The summed E-state index contributed by atoms with van der Waals surface area (Å²) in [7, 11) is 0. The average molecular weight is 927 g/mol. The van der Waals surface area contributed by atoms with Crippen molar-refractivity contribution >= 4 is 49.3 Å². The van der Waals surface area contributed by atoms with Gasteiger partial charge in [-0.05, 0) is 160 Å². The van der Waals surface area contributed by atoms with Gasteiger partial charge in [-0.3, -0.25) is 4.98 Å². The molecule has 72 heavy (non-hydrogen) atoms. The Labute approximate surface area is 422 Å². The van der Waals surface area contributed by atoms with Crippen LogP contribution in [0.1, 0.15) is 44.5 Å². The summed E-state index contributed by atoms with van der Waals surface area (Å²) < 4.78 is 4.93. The molecule has 0 unspecified atom stereocenters. The predicted molar refractivity (Wildman–Crippen MR) is 304 cm³/mol. The van der Waals surface area contributed by atoms with Crippen LogP contribution in [0.5, 0.6) is 0 Å². The van der Waals surface area contributed by atoms with Crippen molar-refractivity contribution in [3.63, 3.8) is 0 Å². The summed E-state index contributed by atoms with van der Waals surface area (Å²) in [5.41, 5.74) is 27.7. The molecule has 0 bridgehead atoms. The van der Waals surface area contributed by atoms with Gasteiger partial charge in [0.2, 0.25) is 0 Å². The summed E-state index contributed by atoms with van der Waals surface area (Å²) in [5, 5.41) is 4.62. The Morgan fingerprint density at radius 3 is 0.889 bits per heavy atom. The molecule has 0 aliphatic heterocycles. The fraction of sp³-hybridized carbons (Fsp3) is 0.118. The lowest BCUT2D eigenvalue weighted by atomic mass is 9.98. The summed E-state index contributed by atoms with van der Waals surface area (Å²) in [6.45, 7) is 26.3. The number of hydrogen-bond donors (Lipinski definition) is 0. The van der Waals surface area contributed by atoms with Crippen molar-refractivity contribution < 1.29 is 0 Å². The monoisotopic (exact) mass is 926 g/mol. The molecule has 9 aromatic carbocycles. The molecule has 12 rings (SSSR count). The zero-order chi connectivity index (χ0) is 49.5. The molecule has 0 saturated carbocycles. The Hall–Kier alpha value is -8.78. The summed E-state index contributed by atoms with van der Waals surface area (Å²) in [6, 6.07) is 63.4. The van der Waals surface area contributed by atoms with Gasteiger partial charge in [-0.15, -0.1) is 0 Å². The molecule has 0 saturated heterocycles. The minimum absolute atomic E-state index is 0.568. The fourth-order valence-corrected chi connectivity index (χ4v) is 11.6. The third-order valence-electron chi connectivity index (χ3n) is 14.4. The van der Waals surface area contributed by atoms with Crippen molar-refractivity contribution in [3.05, 3.63) is 238 Å². The third kappa shape index (κ3) is 7.75. The zero-order valence-corrected chi connectivity index (χ0v) is 42.1. The lowest BCUT2D eigenvalue weighted by Gasteiger charge is -2.20. The van der Waals surface area contributed by atoms with Gasteiger partial charge in [0, 0.05) is 33.9 Å². The minimum atomic E-state index is 0.568. The van der Waals surface area contributed by atoms with E-state index in [0.29, 0.717) is 5.69 Å². The van der Waals surface area contributed by atoms with Crippen molar-refractivity contribution in [1.82, 2.24) is 14.1 Å². The van der Waals surface area contributed by atoms with E-state index in [2.05, 4.69) is 232 Å². The number of fused-ring (bicyclic) bond motifs is 6. The van der Waals surface area contributed by atoms with Crippen LogP contribution < -0.4 is 0 Å². The maximum absolute atomic E-state index is 8.87. The number of nitrogens with zero attached hydrogens (tertiary/aromatic N) is 4. The number of rotatable bonds is 7. The molecule has 0 fully saturated rings. The molecular weight excluding hydrogens is 873 g/mol. The number of aryl methyl sites for hydroxylation is 8. The van der Waals surface area contributed by atoms with Gasteiger partial charge >= 0.3 is 0 Å². The Morgan fingerprint density at radius 2 is 0.597 bits per heavy atom. The van der Waals surface area contributed by atoms with Crippen molar-refractivity contribution in [2.75, 3.05) is 0 Å². The molecule has 0 radical (unpaired) electrons. The van der Waals surface area contributed by atoms with Crippen LogP contribution in [0, 0.1) is 62.0 Å². The summed E-state index contributed by atoms with van der Waals surface area (Å²) in [4.78, 5) is 8.75. The van der Waals surface area contributed by atoms with Gasteiger partial charge < -0.3 is 9.13 Å². The summed E-state index contributed by atoms with van der Waals surface area (Å²) in [6.07, 6.45) is 3.64. The van der Waals surface area contributed by atoms with Crippen LogP contribution in [0.15, 0.2) is 182 Å². The first-order valence-corrected chi connectivity index (χ1v) is 24.8. The highest BCUT2D eigenvalue weighted by atomic mass is 15.1. The molecule has 0 atom stereocenters. The van der Waals surface area contributed by atoms with Crippen molar-refractivity contribution in [2.45, 2.75) is 55.4 Å². The zero-order valence-electron chi connectivity index (χ0n) is 42.1. The normalized spacial score (nSPS) is 11.6. The van der Waals surface area contributed by atoms with Crippen LogP contribution in [-0.4, -0.2) is 14.1 Å². The molecule has 346 valence electrons. The Balaban J connectivity index is 1.26. The van der Waals surface area contributed by atoms with Gasteiger partial charge in [0.15, 0.2) is 5.69 Å². The second kappa shape index (κ2) is 17.3. The van der Waals surface area contributed by atoms with Crippen LogP contribution in [0.25, 0.3) is 115 Å². The van der Waals surface area contributed by atoms with E-state index < -0.39 is 0 Å². The van der Waals surface area contributed by atoms with Crippen molar-refractivity contribution in [3.8, 4) is 67.0 Å². The minimum Gasteiger partial charge on any atom is -0.308 e. The number of aromatic nitrogens is 3. The number of pyridine rings is 1. The second-order valence-corrected chi connectivity index (χ2v) is 20.3. The van der Waals surface area contributed by atoms with Crippen LogP contribution >= 0.6 is 0 Å². The molecular formula is C68H54N4. The average Bonchev–Trinajstić information content (AvgIpc) is 3.86. The highest BCUT2D eigenvalue weighted by Gasteiger charge is 2.24. The fourth-order valence-electron chi connectivity index (χ4n) is 11.6. The number of benzene rings is 9. The second-order valence-electron chi connectivity index (χ2n) is 20.3. The van der Waals surface area contributed by atoms with E-state index in [0.717, 1.165) is 88.4 Å². The number of hydrogen-bond acceptors (Lipinski definition) is 1. The van der Waals surface area contributed by atoms with Crippen LogP contribution in [0.3, 0.4) is 0 Å². The standard InChI is InChI=1S/C68H54N4/c1-40-22-41(2)27-53(26-40)49-10-14-57-58-15-11-50(54-28-42(3)23-43(4)29-54)35-64(58)71(63(57)34-49)67-38-61(48-18-20-70-21-19-48)62(69-9)39-68(67)72-65-36-51(55-30-44(5)24-45(6)31-55)12-16-59(65)60-17-13-52(37-66(60)72)56-32-46(7)25-47(8)33-56/h10-39H,1-8H3. The first kappa shape index (κ1) is 44.4. The molecule has 0 spiro atoms. The molecule has 3 aromatic heterocycles. The molecule has 12 aromatic rings. The van der Waals surface area contributed by atoms with Crippen molar-refractivity contribution in [1.29, 1.82) is 0 Å². The van der Waals surface area contributed by atoms with Crippen LogP contribution in [0.2, 0.25) is 0 Å². The highest BCUT2D eigenvalue weighted by molar-refractivity contribution is 6.14. The maximum Gasteiger partial charge on any atom is 0.197 e. The first-order valence-electron chi connectivity index (χ1n) is 24.8. The molecule has 4 nitrogen and oxygen atoms in total. The predicted octanol–water partition coefficient (Wildman–Crippen LogP) is 18.6. The summed E-state index contributed by atoms with van der Waals surface area (Å²) >= 11 is 0. The Morgan fingerprint density at radius 1 is 0.306 bits per heavy atom. The quantitative estimate of drug-likeness (QED) is 0.146. The van der Waals surface area contributed by atoms with Crippen LogP contribution in [-0.2, 0) is 0 Å². The van der Waals surface area contributed by atoms with E-state index >= 15 is 0 Å². The smallest absolute Gasteiger partial charge is 0.197 e. The molecule has 4 heteroatoms. The molecule has 0 aliphatic carbocycles. The van der Waals surface area contributed by atoms with E-state index in [-0.39, 0.29) is 0 Å². The summed E-state index contributed by atoms with van der Waals surface area (Å²) in [5.74, 6) is 0. The van der Waals surface area contributed by atoms with E-state index in [4.69, 9.17) is 6.57 Å². The largest absolute Gasteiger partial charge is 0.308 e. The van der Waals surface area contributed by atoms with E-state index in [1.165, 1.54) is 66.8 Å². The van der Waals surface area contributed by atoms with Crippen LogP contribution in [0.4, 0.5) is 5.69 Å². The SMILES string of the molecule is [C-]#[N+]c1cc(-n2c3cc(-c4cc(C)cc(C)c4)ccc3c3ccc(-c4cc(C)cc(C)c4)cc32)c(-n2c3cc(-c4cc(C)cc(C)c4)ccc3c3ccc(-c4cc(C)cc(C)c4)cc32)cc1-c1ccncc1. The van der Waals surface area contributed by atoms with Crippen molar-refractivity contribution in [2.24, 2.45) is 0 Å². The van der Waals surface area contributed by atoms with Gasteiger partial charge in [-0.1, -0.05) is 166 Å². The van der Waals surface area contributed by atoms with E-state index in [1.807, 2.05) is 24.5 Å². The molecule has 0 N–H and O–H groups in total. The third-order valence-corrected chi connectivity index (χ3v) is 14.4. The van der Waals surface area contributed by atoms with Gasteiger partial charge in [-0.2, -0.15) is 0 Å². The maximum atomic E-state index is 8.87. The van der Waals surface area contributed by atoms with Gasteiger partial charge in [-0.25, -0.2) is 4.85 Å². The highest BCUT2D eigenvalue weighted by Crippen LogP contribution is 2.46. The molecule has 0 amide bonds. The lowest BCUT2D eigenvalue weighted by Crippen LogP contribution is -2.05. The van der Waals surface area contributed by atoms with Gasteiger partial charge in [0.05, 0.1) is 40.0 Å². The molecule has 0 aliphatic rings. The van der Waals surface area contributed by atoms with E-state index in [9.17, 15) is 0 Å². The lowest BCUT2D eigenvalue weighted by molar-refractivity contribution is 1.10. The van der Waals surface area contributed by atoms with E-state index in [1.54, 1.807) is 0 Å². The van der Waals surface area contributed by atoms with Gasteiger partial charge in [0.25, 0.3) is 0 Å².